The van der Waals surface area contributed by atoms with Crippen molar-refractivity contribution in [2.24, 2.45) is 0 Å². The average Bonchev–Trinajstić information content (AvgIpc) is 3.25. The van der Waals surface area contributed by atoms with Crippen LogP contribution in [0.5, 0.6) is 0 Å². The van der Waals surface area contributed by atoms with Gasteiger partial charge in [-0.3, -0.25) is 4.79 Å². The number of carbonyl (C=O) groups is 2. The molecule has 0 fully saturated rings. The summed E-state index contributed by atoms with van der Waals surface area (Å²) in [5.74, 6) is -1.06. The van der Waals surface area contributed by atoms with Crippen molar-refractivity contribution in [2.75, 3.05) is 30.9 Å². The van der Waals surface area contributed by atoms with Crippen LogP contribution in [0.15, 0.2) is 35.9 Å². The lowest BCUT2D eigenvalue weighted by molar-refractivity contribution is -0.112. The number of anilines is 2. The molecule has 0 radical (unpaired) electrons. The number of hydrogen-bond donors (Lipinski definition) is 1. The maximum Gasteiger partial charge on any atom is 0.341 e. The summed E-state index contributed by atoms with van der Waals surface area (Å²) in [5, 5.41) is 12.9. The molecule has 3 rings (SSSR count). The predicted molar refractivity (Wildman–Crippen MR) is 142 cm³/mol. The lowest BCUT2D eigenvalue weighted by atomic mass is 10.1. The van der Waals surface area contributed by atoms with Gasteiger partial charge in [0.15, 0.2) is 0 Å². The van der Waals surface area contributed by atoms with Crippen LogP contribution in [0.3, 0.4) is 0 Å². The van der Waals surface area contributed by atoms with E-state index < -0.39 is 11.9 Å². The summed E-state index contributed by atoms with van der Waals surface area (Å²) in [4.78, 5) is 28.4. The summed E-state index contributed by atoms with van der Waals surface area (Å²) in [7, 11) is 3.99. The van der Waals surface area contributed by atoms with E-state index in [0.717, 1.165) is 38.8 Å². The van der Waals surface area contributed by atoms with Gasteiger partial charge in [-0.05, 0) is 82.2 Å². The Morgan fingerprint density at radius 1 is 1.17 bits per heavy atom. The maximum absolute atomic E-state index is 13.0. The molecule has 0 saturated carbocycles. The van der Waals surface area contributed by atoms with E-state index in [1.165, 1.54) is 11.3 Å². The van der Waals surface area contributed by atoms with Crippen LogP contribution in [0, 0.1) is 39.0 Å². The van der Waals surface area contributed by atoms with E-state index in [9.17, 15) is 14.9 Å². The van der Waals surface area contributed by atoms with Crippen LogP contribution in [0.1, 0.15) is 44.7 Å². The summed E-state index contributed by atoms with van der Waals surface area (Å²) in [6.45, 7) is 9.59. The highest BCUT2D eigenvalue weighted by atomic mass is 32.1. The summed E-state index contributed by atoms with van der Waals surface area (Å²) < 4.78 is 7.24. The smallest absolute Gasteiger partial charge is 0.341 e. The first-order valence-electron chi connectivity index (χ1n) is 11.3. The number of ether oxygens (including phenoxy) is 1. The molecule has 7 nitrogen and oxygen atoms in total. The predicted octanol–water partition coefficient (Wildman–Crippen LogP) is 5.56. The standard InChI is InChI=1S/C27H30N4O3S/c1-8-34-27(33)24-17(3)19(5)35-26(24)29-25(32)21(15-28)14-20-13-16(2)31(18(20)4)23-11-9-22(10-12-23)30(6)7/h9-14H,8H2,1-7H3,(H,29,32). The third-order valence-corrected chi connectivity index (χ3v) is 6.97. The largest absolute Gasteiger partial charge is 0.462 e. The molecule has 0 atom stereocenters. The third kappa shape index (κ3) is 5.31. The molecule has 1 N–H and O–H groups in total. The van der Waals surface area contributed by atoms with Crippen molar-refractivity contribution in [3.8, 4) is 11.8 Å². The van der Waals surface area contributed by atoms with Crippen molar-refractivity contribution in [3.63, 3.8) is 0 Å². The van der Waals surface area contributed by atoms with Gasteiger partial charge in [0.2, 0.25) is 0 Å². The van der Waals surface area contributed by atoms with E-state index in [1.54, 1.807) is 13.0 Å². The topological polar surface area (TPSA) is 87.4 Å². The van der Waals surface area contributed by atoms with Crippen LogP contribution in [-0.4, -0.2) is 37.1 Å². The number of nitriles is 1. The van der Waals surface area contributed by atoms with Gasteiger partial charge in [0, 0.05) is 41.7 Å². The number of rotatable bonds is 7. The Labute approximate surface area is 210 Å². The molecule has 1 amide bonds. The van der Waals surface area contributed by atoms with E-state index in [0.29, 0.717) is 10.6 Å². The minimum absolute atomic E-state index is 0.0493. The van der Waals surface area contributed by atoms with Crippen molar-refractivity contribution < 1.29 is 14.3 Å². The monoisotopic (exact) mass is 490 g/mol. The number of amides is 1. The highest BCUT2D eigenvalue weighted by Gasteiger charge is 2.23. The van der Waals surface area contributed by atoms with Crippen LogP contribution in [0.25, 0.3) is 11.8 Å². The second-order valence-corrected chi connectivity index (χ2v) is 9.63. The first-order chi connectivity index (χ1) is 16.6. The van der Waals surface area contributed by atoms with Crippen LogP contribution in [0.4, 0.5) is 10.7 Å². The van der Waals surface area contributed by atoms with E-state index in [-0.39, 0.29) is 12.2 Å². The van der Waals surface area contributed by atoms with Gasteiger partial charge in [0.05, 0.1) is 12.2 Å². The first-order valence-corrected chi connectivity index (χ1v) is 12.1. The Morgan fingerprint density at radius 2 is 1.83 bits per heavy atom. The summed E-state index contributed by atoms with van der Waals surface area (Å²) in [5.41, 5.74) is 5.81. The maximum atomic E-state index is 13.0. The molecule has 1 aromatic carbocycles. The molecule has 8 heteroatoms. The SMILES string of the molecule is CCOC(=O)c1c(NC(=O)C(C#N)=Cc2cc(C)n(-c3ccc(N(C)C)cc3)c2C)sc(C)c1C. The van der Waals surface area contributed by atoms with Gasteiger partial charge in [-0.15, -0.1) is 11.3 Å². The molecule has 0 bridgehead atoms. The summed E-state index contributed by atoms with van der Waals surface area (Å²) in [6, 6.07) is 12.1. The molecule has 0 aliphatic rings. The Bertz CT molecular complexity index is 1340. The highest BCUT2D eigenvalue weighted by Crippen LogP contribution is 2.33. The zero-order valence-corrected chi connectivity index (χ0v) is 22.0. The van der Waals surface area contributed by atoms with Gasteiger partial charge in [-0.25, -0.2) is 4.79 Å². The van der Waals surface area contributed by atoms with Crippen molar-refractivity contribution in [3.05, 3.63) is 68.9 Å². The van der Waals surface area contributed by atoms with E-state index in [4.69, 9.17) is 4.74 Å². The van der Waals surface area contributed by atoms with Gasteiger partial charge in [-0.1, -0.05) is 0 Å². The fourth-order valence-electron chi connectivity index (χ4n) is 3.87. The Hall–Kier alpha value is -3.83. The molecule has 0 aliphatic carbocycles. The fraction of sp³-hybridized carbons (Fsp3) is 0.296. The molecule has 0 spiro atoms. The molecule has 0 saturated heterocycles. The zero-order chi connectivity index (χ0) is 25.9. The molecule has 2 aromatic heterocycles. The second-order valence-electron chi connectivity index (χ2n) is 8.40. The van der Waals surface area contributed by atoms with Crippen LogP contribution in [0.2, 0.25) is 0 Å². The van der Waals surface area contributed by atoms with Crippen molar-refractivity contribution >= 4 is 40.0 Å². The minimum Gasteiger partial charge on any atom is -0.462 e. The molecular formula is C27H30N4O3S. The summed E-state index contributed by atoms with van der Waals surface area (Å²) in [6.07, 6.45) is 1.58. The number of hydrogen-bond acceptors (Lipinski definition) is 6. The van der Waals surface area contributed by atoms with E-state index >= 15 is 0 Å². The van der Waals surface area contributed by atoms with Crippen molar-refractivity contribution in [2.45, 2.75) is 34.6 Å². The lowest BCUT2D eigenvalue weighted by Gasteiger charge is -2.14. The molecule has 3 aromatic rings. The van der Waals surface area contributed by atoms with Crippen LogP contribution in [-0.2, 0) is 9.53 Å². The quantitative estimate of drug-likeness (QED) is 0.266. The summed E-state index contributed by atoms with van der Waals surface area (Å²) >= 11 is 1.29. The molecule has 0 unspecified atom stereocenters. The molecule has 0 aliphatic heterocycles. The Balaban J connectivity index is 1.93. The normalized spacial score (nSPS) is 11.2. The van der Waals surface area contributed by atoms with Gasteiger partial charge < -0.3 is 19.5 Å². The number of aryl methyl sites for hydroxylation is 2. The zero-order valence-electron chi connectivity index (χ0n) is 21.1. The number of esters is 1. The van der Waals surface area contributed by atoms with Crippen molar-refractivity contribution in [1.29, 1.82) is 5.26 Å². The minimum atomic E-state index is -0.570. The van der Waals surface area contributed by atoms with Crippen LogP contribution >= 0.6 is 11.3 Å². The highest BCUT2D eigenvalue weighted by molar-refractivity contribution is 7.16. The number of carbonyl (C=O) groups excluding carboxylic acids is 2. The number of aromatic nitrogens is 1. The van der Waals surface area contributed by atoms with Gasteiger partial charge in [0.1, 0.15) is 16.6 Å². The number of benzene rings is 1. The van der Waals surface area contributed by atoms with Gasteiger partial charge in [-0.2, -0.15) is 5.26 Å². The van der Waals surface area contributed by atoms with Crippen LogP contribution < -0.4 is 10.2 Å². The van der Waals surface area contributed by atoms with Gasteiger partial charge in [0.25, 0.3) is 5.91 Å². The second kappa shape index (κ2) is 10.6. The third-order valence-electron chi connectivity index (χ3n) is 5.85. The number of nitrogens with zero attached hydrogens (tertiary/aromatic N) is 3. The molecule has 2 heterocycles. The Morgan fingerprint density at radius 3 is 2.40 bits per heavy atom. The van der Waals surface area contributed by atoms with E-state index in [2.05, 4.69) is 9.88 Å². The Kier molecular flexibility index (Phi) is 7.82. The average molecular weight is 491 g/mol. The fourth-order valence-corrected chi connectivity index (χ4v) is 4.91. The first kappa shape index (κ1) is 25.8. The van der Waals surface area contributed by atoms with Gasteiger partial charge >= 0.3 is 5.97 Å². The lowest BCUT2D eigenvalue weighted by Crippen LogP contribution is -2.16. The van der Waals surface area contributed by atoms with E-state index in [1.807, 2.05) is 83.1 Å². The number of thiophene rings is 1. The number of nitrogens with one attached hydrogen (secondary N) is 1. The van der Waals surface area contributed by atoms with Crippen molar-refractivity contribution in [1.82, 2.24) is 4.57 Å². The molecule has 35 heavy (non-hydrogen) atoms. The molecule has 182 valence electrons. The molecular weight excluding hydrogens is 460 g/mol.